The molecule has 0 bridgehead atoms. The molecule has 0 radical (unpaired) electrons. The second kappa shape index (κ2) is 6.45. The fourth-order valence-electron chi connectivity index (χ4n) is 1.61. The number of benzene rings is 1. The Balaban J connectivity index is 2.73. The van der Waals surface area contributed by atoms with Crippen molar-refractivity contribution in [2.45, 2.75) is 45.8 Å². The fourth-order valence-corrected chi connectivity index (χ4v) is 1.61. The fraction of sp³-hybridized carbons (Fsp3) is 0.533. The van der Waals surface area contributed by atoms with E-state index in [1.807, 2.05) is 45.9 Å². The van der Waals surface area contributed by atoms with Crippen LogP contribution in [0.15, 0.2) is 24.3 Å². The monoisotopic (exact) mass is 265 g/mol. The van der Waals surface area contributed by atoms with Gasteiger partial charge in [-0.25, -0.2) is 0 Å². The topological polar surface area (TPSA) is 47.6 Å². The van der Waals surface area contributed by atoms with Crippen LogP contribution in [0.4, 0.5) is 0 Å². The van der Waals surface area contributed by atoms with Gasteiger partial charge in [0.05, 0.1) is 7.11 Å². The van der Waals surface area contributed by atoms with Gasteiger partial charge < -0.3 is 14.8 Å². The summed E-state index contributed by atoms with van der Waals surface area (Å²) in [6.45, 7) is 7.77. The third kappa shape index (κ3) is 5.20. The van der Waals surface area contributed by atoms with Gasteiger partial charge in [-0.05, 0) is 39.3 Å². The van der Waals surface area contributed by atoms with Gasteiger partial charge in [0.15, 0.2) is 6.10 Å². The Labute approximate surface area is 115 Å². The van der Waals surface area contributed by atoms with E-state index in [-0.39, 0.29) is 11.4 Å². The summed E-state index contributed by atoms with van der Waals surface area (Å²) in [6.07, 6.45) is 0.116. The number of carbonyl (C=O) groups is 1. The van der Waals surface area contributed by atoms with Gasteiger partial charge in [0.1, 0.15) is 11.5 Å². The first-order chi connectivity index (χ1) is 8.85. The van der Waals surface area contributed by atoms with E-state index in [4.69, 9.17) is 9.47 Å². The third-order valence-corrected chi connectivity index (χ3v) is 2.48. The lowest BCUT2D eigenvalue weighted by Gasteiger charge is -2.25. The van der Waals surface area contributed by atoms with Crippen molar-refractivity contribution in [2.24, 2.45) is 0 Å². The highest BCUT2D eigenvalue weighted by molar-refractivity contribution is 5.81. The molecule has 1 atom stereocenters. The zero-order chi connectivity index (χ0) is 14.5. The van der Waals surface area contributed by atoms with Crippen LogP contribution in [0.3, 0.4) is 0 Å². The Morgan fingerprint density at radius 3 is 2.47 bits per heavy atom. The van der Waals surface area contributed by atoms with Gasteiger partial charge in [-0.15, -0.1) is 0 Å². The summed E-state index contributed by atoms with van der Waals surface area (Å²) in [7, 11) is 1.60. The van der Waals surface area contributed by atoms with Crippen molar-refractivity contribution in [1.29, 1.82) is 0 Å². The normalized spacial score (nSPS) is 12.7. The Bertz CT molecular complexity index is 424. The van der Waals surface area contributed by atoms with Gasteiger partial charge in [-0.3, -0.25) is 4.79 Å². The van der Waals surface area contributed by atoms with E-state index in [0.717, 1.165) is 0 Å². The summed E-state index contributed by atoms with van der Waals surface area (Å²) in [6, 6.07) is 7.26. The number of hydrogen-bond donors (Lipinski definition) is 1. The predicted molar refractivity (Wildman–Crippen MR) is 75.6 cm³/mol. The van der Waals surface area contributed by atoms with Crippen LogP contribution in [-0.2, 0) is 4.79 Å². The summed E-state index contributed by atoms with van der Waals surface area (Å²) in [5.41, 5.74) is -0.262. The lowest BCUT2D eigenvalue weighted by atomic mass is 10.1. The highest BCUT2D eigenvalue weighted by Crippen LogP contribution is 2.20. The van der Waals surface area contributed by atoms with Crippen molar-refractivity contribution in [3.05, 3.63) is 24.3 Å². The average Bonchev–Trinajstić information content (AvgIpc) is 2.34. The Kier molecular flexibility index (Phi) is 5.21. The van der Waals surface area contributed by atoms with Gasteiger partial charge in [0, 0.05) is 11.6 Å². The van der Waals surface area contributed by atoms with E-state index in [2.05, 4.69) is 5.32 Å². The van der Waals surface area contributed by atoms with Crippen molar-refractivity contribution < 1.29 is 14.3 Å². The van der Waals surface area contributed by atoms with E-state index in [1.165, 1.54) is 0 Å². The lowest BCUT2D eigenvalue weighted by molar-refractivity contribution is -0.129. The summed E-state index contributed by atoms with van der Waals surface area (Å²) >= 11 is 0. The average molecular weight is 265 g/mol. The van der Waals surface area contributed by atoms with Crippen molar-refractivity contribution >= 4 is 5.91 Å². The zero-order valence-corrected chi connectivity index (χ0v) is 12.3. The smallest absolute Gasteiger partial charge is 0.261 e. The molecule has 1 unspecified atom stereocenters. The number of carbonyl (C=O) groups excluding carboxylic acids is 1. The molecule has 0 aromatic heterocycles. The molecule has 0 aliphatic rings. The molecule has 0 saturated heterocycles. The van der Waals surface area contributed by atoms with Crippen LogP contribution in [-0.4, -0.2) is 24.7 Å². The first-order valence-electron chi connectivity index (χ1n) is 6.48. The van der Waals surface area contributed by atoms with E-state index in [9.17, 15) is 4.79 Å². The van der Waals surface area contributed by atoms with Gasteiger partial charge in [0.25, 0.3) is 5.91 Å². The van der Waals surface area contributed by atoms with Crippen LogP contribution in [0.1, 0.15) is 34.1 Å². The summed E-state index contributed by atoms with van der Waals surface area (Å²) in [5, 5.41) is 2.92. The minimum atomic E-state index is -0.494. The van der Waals surface area contributed by atoms with Crippen LogP contribution in [0.25, 0.3) is 0 Å². The van der Waals surface area contributed by atoms with Gasteiger partial charge >= 0.3 is 0 Å². The van der Waals surface area contributed by atoms with E-state index in [0.29, 0.717) is 17.9 Å². The van der Waals surface area contributed by atoms with Gasteiger partial charge in [0.2, 0.25) is 0 Å². The maximum absolute atomic E-state index is 12.1. The molecule has 1 aromatic carbocycles. The van der Waals surface area contributed by atoms with Crippen molar-refractivity contribution in [3.63, 3.8) is 0 Å². The maximum Gasteiger partial charge on any atom is 0.261 e. The van der Waals surface area contributed by atoms with E-state index < -0.39 is 6.10 Å². The molecule has 0 spiro atoms. The Morgan fingerprint density at radius 1 is 1.32 bits per heavy atom. The quantitative estimate of drug-likeness (QED) is 0.890. The standard InChI is InChI=1S/C15H23NO3/c1-6-13(14(17)16-15(2,3)4)19-12-9-7-8-11(10-12)18-5/h7-10,13H,6H2,1-5H3,(H,16,17). The van der Waals surface area contributed by atoms with Crippen LogP contribution in [0, 0.1) is 0 Å². The molecule has 19 heavy (non-hydrogen) atoms. The molecule has 1 aromatic rings. The van der Waals surface area contributed by atoms with Crippen LogP contribution >= 0.6 is 0 Å². The number of methoxy groups -OCH3 is 1. The molecular formula is C15H23NO3. The van der Waals surface area contributed by atoms with Gasteiger partial charge in [-0.2, -0.15) is 0 Å². The largest absolute Gasteiger partial charge is 0.497 e. The van der Waals surface area contributed by atoms with Crippen LogP contribution in [0.5, 0.6) is 11.5 Å². The van der Waals surface area contributed by atoms with Crippen molar-refractivity contribution in [3.8, 4) is 11.5 Å². The predicted octanol–water partition coefficient (Wildman–Crippen LogP) is 2.77. The first kappa shape index (κ1) is 15.3. The number of ether oxygens (including phenoxy) is 2. The van der Waals surface area contributed by atoms with Crippen molar-refractivity contribution in [1.82, 2.24) is 5.32 Å². The summed E-state index contributed by atoms with van der Waals surface area (Å²) in [5.74, 6) is 1.25. The highest BCUT2D eigenvalue weighted by atomic mass is 16.5. The maximum atomic E-state index is 12.1. The molecule has 4 heteroatoms. The molecule has 4 nitrogen and oxygen atoms in total. The number of amides is 1. The molecule has 1 rings (SSSR count). The van der Waals surface area contributed by atoms with Crippen molar-refractivity contribution in [2.75, 3.05) is 7.11 Å². The number of rotatable bonds is 5. The SMILES string of the molecule is CCC(Oc1cccc(OC)c1)C(=O)NC(C)(C)C. The zero-order valence-electron chi connectivity index (χ0n) is 12.3. The number of hydrogen-bond acceptors (Lipinski definition) is 3. The molecule has 0 aliphatic heterocycles. The summed E-state index contributed by atoms with van der Waals surface area (Å²) < 4.78 is 10.9. The number of nitrogens with one attached hydrogen (secondary N) is 1. The minimum absolute atomic E-state index is 0.0992. The van der Waals surface area contributed by atoms with Crippen LogP contribution < -0.4 is 14.8 Å². The Hall–Kier alpha value is -1.71. The molecule has 1 N–H and O–H groups in total. The van der Waals surface area contributed by atoms with E-state index >= 15 is 0 Å². The molecule has 0 heterocycles. The van der Waals surface area contributed by atoms with E-state index in [1.54, 1.807) is 13.2 Å². The Morgan fingerprint density at radius 2 is 1.95 bits per heavy atom. The van der Waals surface area contributed by atoms with Gasteiger partial charge in [-0.1, -0.05) is 13.0 Å². The second-order valence-corrected chi connectivity index (χ2v) is 5.43. The molecule has 0 fully saturated rings. The molecule has 106 valence electrons. The minimum Gasteiger partial charge on any atom is -0.497 e. The second-order valence-electron chi connectivity index (χ2n) is 5.43. The first-order valence-corrected chi connectivity index (χ1v) is 6.48. The third-order valence-electron chi connectivity index (χ3n) is 2.48. The molecule has 1 amide bonds. The molecule has 0 aliphatic carbocycles. The lowest BCUT2D eigenvalue weighted by Crippen LogP contribution is -2.47. The molecule has 0 saturated carbocycles. The summed E-state index contributed by atoms with van der Waals surface area (Å²) in [4.78, 5) is 12.1. The molecular weight excluding hydrogens is 242 g/mol. The highest BCUT2D eigenvalue weighted by Gasteiger charge is 2.23. The van der Waals surface area contributed by atoms with Crippen LogP contribution in [0.2, 0.25) is 0 Å².